The summed E-state index contributed by atoms with van der Waals surface area (Å²) in [6, 6.07) is 21.2. The molecule has 0 saturated carbocycles. The van der Waals surface area contributed by atoms with Crippen molar-refractivity contribution in [2.45, 2.75) is 24.2 Å². The van der Waals surface area contributed by atoms with Crippen LogP contribution in [0.15, 0.2) is 71.6 Å². The lowest BCUT2D eigenvalue weighted by atomic mass is 9.90. The van der Waals surface area contributed by atoms with Gasteiger partial charge in [0.25, 0.3) is 10.0 Å². The van der Waals surface area contributed by atoms with Gasteiger partial charge in [0.05, 0.1) is 10.6 Å². The van der Waals surface area contributed by atoms with Crippen LogP contribution >= 0.6 is 0 Å². The Labute approximate surface area is 177 Å². The van der Waals surface area contributed by atoms with Gasteiger partial charge in [-0.25, -0.2) is 8.42 Å². The third-order valence-electron chi connectivity index (χ3n) is 6.29. The number of piperidine rings is 1. The van der Waals surface area contributed by atoms with Gasteiger partial charge in [0.1, 0.15) is 6.54 Å². The second-order valence-electron chi connectivity index (χ2n) is 8.16. The molecule has 154 valence electrons. The van der Waals surface area contributed by atoms with Crippen LogP contribution in [0.4, 0.5) is 5.69 Å². The van der Waals surface area contributed by atoms with Gasteiger partial charge in [-0.05, 0) is 48.3 Å². The fourth-order valence-electron chi connectivity index (χ4n) is 4.69. The second-order valence-corrected chi connectivity index (χ2v) is 9.99. The number of benzene rings is 3. The Kier molecular flexibility index (Phi) is 4.74. The maximum atomic E-state index is 13.1. The van der Waals surface area contributed by atoms with E-state index in [2.05, 4.69) is 24.3 Å². The van der Waals surface area contributed by atoms with E-state index in [4.69, 9.17) is 0 Å². The molecule has 2 heterocycles. The summed E-state index contributed by atoms with van der Waals surface area (Å²) in [5.41, 5.74) is 1.94. The van der Waals surface area contributed by atoms with Crippen LogP contribution in [0.3, 0.4) is 0 Å². The maximum absolute atomic E-state index is 13.1. The molecule has 1 fully saturated rings. The zero-order chi connectivity index (χ0) is 20.7. The van der Waals surface area contributed by atoms with Gasteiger partial charge in [0, 0.05) is 18.5 Å². The van der Waals surface area contributed by atoms with Crippen molar-refractivity contribution in [3.63, 3.8) is 0 Å². The van der Waals surface area contributed by atoms with E-state index in [0.29, 0.717) is 29.6 Å². The molecule has 0 atom stereocenters. The number of anilines is 1. The molecule has 2 aliphatic rings. The van der Waals surface area contributed by atoms with Gasteiger partial charge in [-0.15, -0.1) is 0 Å². The largest absolute Gasteiger partial charge is 0.341 e. The van der Waals surface area contributed by atoms with Crippen molar-refractivity contribution in [1.82, 2.24) is 4.90 Å². The topological polar surface area (TPSA) is 57.7 Å². The van der Waals surface area contributed by atoms with Crippen LogP contribution in [0, 0.1) is 5.92 Å². The smallest absolute Gasteiger partial charge is 0.265 e. The van der Waals surface area contributed by atoms with Gasteiger partial charge in [-0.1, -0.05) is 54.6 Å². The monoisotopic (exact) mass is 420 g/mol. The number of sulfonamides is 1. The molecular formula is C24H24N2O3S. The number of carbonyl (C=O) groups is 1. The summed E-state index contributed by atoms with van der Waals surface area (Å²) in [5, 5.41) is 1.60. The number of hydrogen-bond acceptors (Lipinski definition) is 3. The van der Waals surface area contributed by atoms with E-state index in [9.17, 15) is 13.2 Å². The molecule has 3 aromatic carbocycles. The van der Waals surface area contributed by atoms with E-state index < -0.39 is 10.0 Å². The third kappa shape index (κ3) is 3.25. The first-order chi connectivity index (χ1) is 14.5. The minimum Gasteiger partial charge on any atom is -0.341 e. The number of hydrogen-bond donors (Lipinski definition) is 0. The summed E-state index contributed by atoms with van der Waals surface area (Å²) in [7, 11) is -3.70. The Morgan fingerprint density at radius 2 is 1.60 bits per heavy atom. The van der Waals surface area contributed by atoms with E-state index in [1.165, 1.54) is 9.87 Å². The zero-order valence-corrected chi connectivity index (χ0v) is 17.5. The van der Waals surface area contributed by atoms with Crippen molar-refractivity contribution in [1.29, 1.82) is 0 Å². The van der Waals surface area contributed by atoms with Crippen molar-refractivity contribution in [2.24, 2.45) is 5.92 Å². The van der Waals surface area contributed by atoms with Crippen LogP contribution in [0.5, 0.6) is 0 Å². The molecule has 0 N–H and O–H groups in total. The molecule has 5 rings (SSSR count). The molecule has 5 nitrogen and oxygen atoms in total. The van der Waals surface area contributed by atoms with Gasteiger partial charge < -0.3 is 4.90 Å². The van der Waals surface area contributed by atoms with Gasteiger partial charge >= 0.3 is 0 Å². The number of likely N-dealkylation sites (tertiary alicyclic amines) is 1. The molecule has 0 spiro atoms. The van der Waals surface area contributed by atoms with Crippen molar-refractivity contribution < 1.29 is 13.2 Å². The molecule has 30 heavy (non-hydrogen) atoms. The van der Waals surface area contributed by atoms with Crippen LogP contribution in [0.1, 0.15) is 18.4 Å². The highest BCUT2D eigenvalue weighted by atomic mass is 32.2. The predicted octanol–water partition coefficient (Wildman–Crippen LogP) is 3.83. The Balaban J connectivity index is 1.28. The zero-order valence-electron chi connectivity index (χ0n) is 16.7. The molecule has 6 heteroatoms. The lowest BCUT2D eigenvalue weighted by molar-refractivity contribution is -0.130. The summed E-state index contributed by atoms with van der Waals surface area (Å²) in [5.74, 6) is 0.437. The van der Waals surface area contributed by atoms with Crippen LogP contribution in [0.25, 0.3) is 10.8 Å². The van der Waals surface area contributed by atoms with E-state index in [1.807, 2.05) is 29.2 Å². The van der Waals surface area contributed by atoms with Crippen LogP contribution in [-0.2, 0) is 21.2 Å². The Hall–Kier alpha value is -2.86. The Morgan fingerprint density at radius 1 is 0.900 bits per heavy atom. The van der Waals surface area contributed by atoms with E-state index in [1.54, 1.807) is 18.2 Å². The number of nitrogens with zero attached hydrogens (tertiary/aromatic N) is 2. The molecule has 0 radical (unpaired) electrons. The van der Waals surface area contributed by atoms with Crippen LogP contribution in [0.2, 0.25) is 0 Å². The molecule has 0 aliphatic carbocycles. The molecule has 0 aromatic heterocycles. The molecule has 0 bridgehead atoms. The summed E-state index contributed by atoms with van der Waals surface area (Å²) in [6.07, 6.45) is 2.92. The minimum absolute atomic E-state index is 0.124. The van der Waals surface area contributed by atoms with E-state index in [0.717, 1.165) is 30.0 Å². The average Bonchev–Trinajstić information content (AvgIpc) is 2.98. The third-order valence-corrected chi connectivity index (χ3v) is 8.10. The molecule has 1 amide bonds. The Morgan fingerprint density at radius 3 is 2.33 bits per heavy atom. The van der Waals surface area contributed by atoms with Crippen molar-refractivity contribution >= 4 is 32.4 Å². The maximum Gasteiger partial charge on any atom is 0.265 e. The number of rotatable bonds is 4. The van der Waals surface area contributed by atoms with Crippen molar-refractivity contribution in [3.8, 4) is 0 Å². The molecule has 3 aromatic rings. The van der Waals surface area contributed by atoms with Gasteiger partial charge in [0.15, 0.2) is 0 Å². The summed E-state index contributed by atoms with van der Waals surface area (Å²) in [4.78, 5) is 15.1. The molecular weight excluding hydrogens is 396 g/mol. The number of carbonyl (C=O) groups excluding carboxylic acids is 1. The Bertz CT molecular complexity index is 1190. The minimum atomic E-state index is -3.70. The van der Waals surface area contributed by atoms with Crippen LogP contribution in [-0.4, -0.2) is 38.9 Å². The highest BCUT2D eigenvalue weighted by Gasteiger charge is 2.37. The lowest BCUT2D eigenvalue weighted by Gasteiger charge is -2.33. The van der Waals surface area contributed by atoms with Gasteiger partial charge in [-0.2, -0.15) is 0 Å². The highest BCUT2D eigenvalue weighted by molar-refractivity contribution is 7.93. The van der Waals surface area contributed by atoms with Crippen molar-refractivity contribution in [2.75, 3.05) is 23.9 Å². The molecule has 2 aliphatic heterocycles. The second kappa shape index (κ2) is 7.43. The van der Waals surface area contributed by atoms with Crippen molar-refractivity contribution in [3.05, 3.63) is 72.3 Å². The first-order valence-corrected chi connectivity index (χ1v) is 11.8. The molecule has 1 saturated heterocycles. The number of amides is 1. The fourth-order valence-corrected chi connectivity index (χ4v) is 6.35. The van der Waals surface area contributed by atoms with Crippen LogP contribution < -0.4 is 4.31 Å². The first kappa shape index (κ1) is 19.1. The summed E-state index contributed by atoms with van der Waals surface area (Å²) < 4.78 is 27.5. The quantitative estimate of drug-likeness (QED) is 0.645. The highest BCUT2D eigenvalue weighted by Crippen LogP contribution is 2.41. The fraction of sp³-hybridized carbons (Fsp3) is 0.292. The lowest BCUT2D eigenvalue weighted by Crippen LogP contribution is -2.45. The SMILES string of the molecule is O=C(CN1c2cccc3cccc(c23)S1(=O)=O)N1CCC(Cc2ccccc2)CC1. The van der Waals surface area contributed by atoms with E-state index in [-0.39, 0.29) is 12.5 Å². The molecule has 0 unspecified atom stereocenters. The van der Waals surface area contributed by atoms with Gasteiger partial charge in [0.2, 0.25) is 5.91 Å². The summed E-state index contributed by atoms with van der Waals surface area (Å²) in [6.45, 7) is 1.22. The first-order valence-electron chi connectivity index (χ1n) is 10.4. The normalized spacial score (nSPS) is 18.1. The van der Waals surface area contributed by atoms with Gasteiger partial charge in [-0.3, -0.25) is 9.10 Å². The predicted molar refractivity (Wildman–Crippen MR) is 118 cm³/mol. The standard InChI is InChI=1S/C24H24N2O3S/c27-23(25-14-12-19(13-15-25)16-18-6-2-1-3-7-18)17-26-21-10-4-8-20-9-5-11-22(24(20)21)30(26,28)29/h1-11,19H,12-17H2. The van der Waals surface area contributed by atoms with E-state index >= 15 is 0 Å². The average molecular weight is 421 g/mol. The summed E-state index contributed by atoms with van der Waals surface area (Å²) >= 11 is 0.